The van der Waals surface area contributed by atoms with Gasteiger partial charge in [-0.15, -0.1) is 0 Å². The van der Waals surface area contributed by atoms with E-state index >= 15 is 0 Å². The van der Waals surface area contributed by atoms with Crippen molar-refractivity contribution in [3.8, 4) is 0 Å². The topological polar surface area (TPSA) is 29.1 Å². The van der Waals surface area contributed by atoms with Crippen molar-refractivity contribution in [1.82, 2.24) is 0 Å². The van der Waals surface area contributed by atoms with Crippen molar-refractivity contribution >= 4 is 11.6 Å². The molecule has 0 spiro atoms. The first-order valence-corrected chi connectivity index (χ1v) is 5.57. The molecule has 0 fully saturated rings. The minimum absolute atomic E-state index is 0.0786. The Morgan fingerprint density at radius 3 is 2.60 bits per heavy atom. The number of nitrogens with one attached hydrogen (secondary N) is 1. The number of benzene rings is 1. The van der Waals surface area contributed by atoms with Crippen LogP contribution in [0.15, 0.2) is 24.3 Å². The van der Waals surface area contributed by atoms with E-state index in [2.05, 4.69) is 12.2 Å². The Kier molecular flexibility index (Phi) is 4.35. The number of aryl methyl sites for hydroxylation is 1. The van der Waals surface area contributed by atoms with E-state index in [0.29, 0.717) is 0 Å². The summed E-state index contributed by atoms with van der Waals surface area (Å²) in [6, 6.07) is 7.95. The van der Waals surface area contributed by atoms with Crippen LogP contribution in [0.2, 0.25) is 0 Å². The molecule has 0 aliphatic rings. The van der Waals surface area contributed by atoms with Crippen molar-refractivity contribution in [2.45, 2.75) is 33.6 Å². The molecule has 2 heteroatoms. The number of hydrogen-bond acceptors (Lipinski definition) is 1. The summed E-state index contributed by atoms with van der Waals surface area (Å²) < 4.78 is 0. The van der Waals surface area contributed by atoms with Gasteiger partial charge in [0.2, 0.25) is 5.91 Å². The van der Waals surface area contributed by atoms with Crippen LogP contribution in [0.4, 0.5) is 5.69 Å². The zero-order valence-corrected chi connectivity index (χ0v) is 9.71. The van der Waals surface area contributed by atoms with Gasteiger partial charge in [0.1, 0.15) is 0 Å². The van der Waals surface area contributed by atoms with Crippen LogP contribution in [0, 0.1) is 5.92 Å². The summed E-state index contributed by atoms with van der Waals surface area (Å²) in [5, 5.41) is 2.97. The second-order valence-corrected chi connectivity index (χ2v) is 3.81. The minimum Gasteiger partial charge on any atom is -0.326 e. The Labute approximate surface area is 91.7 Å². The Bertz CT molecular complexity index is 333. The van der Waals surface area contributed by atoms with Gasteiger partial charge in [0.25, 0.3) is 0 Å². The van der Waals surface area contributed by atoms with Crippen LogP contribution in [-0.4, -0.2) is 5.91 Å². The Morgan fingerprint density at radius 1 is 1.33 bits per heavy atom. The van der Waals surface area contributed by atoms with E-state index in [1.165, 1.54) is 5.56 Å². The monoisotopic (exact) mass is 205 g/mol. The predicted octanol–water partition coefficient (Wildman–Crippen LogP) is 3.23. The molecule has 0 unspecified atom stereocenters. The molecule has 1 aromatic carbocycles. The first-order valence-electron chi connectivity index (χ1n) is 5.57. The maximum absolute atomic E-state index is 11.7. The van der Waals surface area contributed by atoms with Crippen molar-refractivity contribution in [3.05, 3.63) is 29.8 Å². The van der Waals surface area contributed by atoms with Gasteiger partial charge in [-0.2, -0.15) is 0 Å². The van der Waals surface area contributed by atoms with E-state index in [4.69, 9.17) is 0 Å². The molecule has 2 nitrogen and oxygen atoms in total. The summed E-state index contributed by atoms with van der Waals surface area (Å²) in [5.74, 6) is 0.188. The second-order valence-electron chi connectivity index (χ2n) is 3.81. The van der Waals surface area contributed by atoms with Gasteiger partial charge in [-0.3, -0.25) is 4.79 Å². The van der Waals surface area contributed by atoms with Crippen molar-refractivity contribution in [1.29, 1.82) is 0 Å². The number of para-hydroxylation sites is 1. The molecule has 0 aliphatic carbocycles. The number of anilines is 1. The lowest BCUT2D eigenvalue weighted by Crippen LogP contribution is -2.20. The maximum Gasteiger partial charge on any atom is 0.227 e. The average molecular weight is 205 g/mol. The van der Waals surface area contributed by atoms with Crippen LogP contribution in [-0.2, 0) is 11.2 Å². The first kappa shape index (κ1) is 11.8. The highest BCUT2D eigenvalue weighted by atomic mass is 16.1. The molecule has 0 aliphatic heterocycles. The molecule has 1 atom stereocenters. The van der Waals surface area contributed by atoms with E-state index in [1.54, 1.807) is 0 Å². The van der Waals surface area contributed by atoms with Crippen molar-refractivity contribution in [2.75, 3.05) is 5.32 Å². The smallest absolute Gasteiger partial charge is 0.227 e. The molecule has 15 heavy (non-hydrogen) atoms. The van der Waals surface area contributed by atoms with Gasteiger partial charge in [-0.1, -0.05) is 39.0 Å². The summed E-state index contributed by atoms with van der Waals surface area (Å²) in [6.45, 7) is 6.06. The number of hydrogen-bond donors (Lipinski definition) is 1. The van der Waals surface area contributed by atoms with Crippen LogP contribution in [0.1, 0.15) is 32.8 Å². The van der Waals surface area contributed by atoms with Crippen molar-refractivity contribution in [3.63, 3.8) is 0 Å². The minimum atomic E-state index is 0.0786. The first-order chi connectivity index (χ1) is 7.19. The van der Waals surface area contributed by atoms with Crippen LogP contribution < -0.4 is 5.32 Å². The van der Waals surface area contributed by atoms with Gasteiger partial charge in [0.15, 0.2) is 0 Å². The molecule has 0 saturated carbocycles. The maximum atomic E-state index is 11.7. The third-order valence-corrected chi connectivity index (χ3v) is 2.72. The summed E-state index contributed by atoms with van der Waals surface area (Å²) in [5.41, 5.74) is 2.14. The highest BCUT2D eigenvalue weighted by Crippen LogP contribution is 2.16. The highest BCUT2D eigenvalue weighted by Gasteiger charge is 2.11. The SMILES string of the molecule is CCc1ccccc1NC(=O)[C@H](C)CC. The van der Waals surface area contributed by atoms with Crippen LogP contribution in [0.5, 0.6) is 0 Å². The largest absolute Gasteiger partial charge is 0.326 e. The predicted molar refractivity (Wildman–Crippen MR) is 63.9 cm³/mol. The van der Waals surface area contributed by atoms with Gasteiger partial charge < -0.3 is 5.32 Å². The third-order valence-electron chi connectivity index (χ3n) is 2.72. The van der Waals surface area contributed by atoms with Gasteiger partial charge in [-0.05, 0) is 24.5 Å². The number of amides is 1. The molecule has 1 N–H and O–H groups in total. The second kappa shape index (κ2) is 5.54. The van der Waals surface area contributed by atoms with E-state index in [0.717, 1.165) is 18.5 Å². The Balaban J connectivity index is 2.76. The summed E-state index contributed by atoms with van der Waals surface area (Å²) >= 11 is 0. The van der Waals surface area contributed by atoms with E-state index in [1.807, 2.05) is 38.1 Å². The van der Waals surface area contributed by atoms with E-state index < -0.39 is 0 Å². The standard InChI is InChI=1S/C13H19NO/c1-4-10(3)13(15)14-12-9-7-6-8-11(12)5-2/h6-10H,4-5H2,1-3H3,(H,14,15)/t10-/m1/s1. The molecule has 1 rings (SSSR count). The van der Waals surface area contributed by atoms with Crippen LogP contribution in [0.3, 0.4) is 0 Å². The number of rotatable bonds is 4. The van der Waals surface area contributed by atoms with Gasteiger partial charge in [-0.25, -0.2) is 0 Å². The summed E-state index contributed by atoms with van der Waals surface area (Å²) in [7, 11) is 0. The fourth-order valence-electron chi connectivity index (χ4n) is 1.39. The van der Waals surface area contributed by atoms with Gasteiger partial charge >= 0.3 is 0 Å². The van der Waals surface area contributed by atoms with Gasteiger partial charge in [0.05, 0.1) is 0 Å². The highest BCUT2D eigenvalue weighted by molar-refractivity contribution is 5.92. The molecule has 1 amide bonds. The normalized spacial score (nSPS) is 12.2. The molecule has 1 aromatic rings. The lowest BCUT2D eigenvalue weighted by atomic mass is 10.1. The molecule has 0 heterocycles. The molecule has 0 radical (unpaired) electrons. The molecule has 82 valence electrons. The van der Waals surface area contributed by atoms with E-state index in [-0.39, 0.29) is 11.8 Å². The van der Waals surface area contributed by atoms with Crippen molar-refractivity contribution in [2.24, 2.45) is 5.92 Å². The lowest BCUT2D eigenvalue weighted by Gasteiger charge is -2.12. The molecule has 0 aromatic heterocycles. The van der Waals surface area contributed by atoms with Crippen LogP contribution in [0.25, 0.3) is 0 Å². The van der Waals surface area contributed by atoms with E-state index in [9.17, 15) is 4.79 Å². The fraction of sp³-hybridized carbons (Fsp3) is 0.462. The lowest BCUT2D eigenvalue weighted by molar-refractivity contribution is -0.119. The molecule has 0 bridgehead atoms. The average Bonchev–Trinajstić information content (AvgIpc) is 2.28. The number of carbonyl (C=O) groups is 1. The zero-order chi connectivity index (χ0) is 11.3. The van der Waals surface area contributed by atoms with Crippen molar-refractivity contribution < 1.29 is 4.79 Å². The molecular weight excluding hydrogens is 186 g/mol. The fourth-order valence-corrected chi connectivity index (χ4v) is 1.39. The quantitative estimate of drug-likeness (QED) is 0.803. The zero-order valence-electron chi connectivity index (χ0n) is 9.71. The van der Waals surface area contributed by atoms with Crippen LogP contribution >= 0.6 is 0 Å². The Hall–Kier alpha value is -1.31. The number of carbonyl (C=O) groups excluding carboxylic acids is 1. The molecular formula is C13H19NO. The molecule has 0 saturated heterocycles. The summed E-state index contributed by atoms with van der Waals surface area (Å²) in [4.78, 5) is 11.7. The Morgan fingerprint density at radius 2 is 2.00 bits per heavy atom. The third kappa shape index (κ3) is 3.08. The van der Waals surface area contributed by atoms with Gasteiger partial charge in [0, 0.05) is 11.6 Å². The summed E-state index contributed by atoms with van der Waals surface area (Å²) in [6.07, 6.45) is 1.82.